The maximum atomic E-state index is 12.8. The van der Waals surface area contributed by atoms with Crippen LogP contribution in [0.2, 0.25) is 0 Å². The van der Waals surface area contributed by atoms with Gasteiger partial charge in [-0.2, -0.15) is 0 Å². The van der Waals surface area contributed by atoms with E-state index in [0.717, 1.165) is 50.3 Å². The molecule has 186 valence electrons. The van der Waals surface area contributed by atoms with Crippen molar-refractivity contribution in [1.82, 2.24) is 4.98 Å². The molecule has 0 aliphatic heterocycles. The summed E-state index contributed by atoms with van der Waals surface area (Å²) >= 11 is 0. The molecule has 6 rings (SSSR count). The Kier molecular flexibility index (Phi) is 5.98. The van der Waals surface area contributed by atoms with E-state index in [4.69, 9.17) is 4.42 Å². The second-order valence-corrected chi connectivity index (χ2v) is 9.31. The molecular weight excluding hydrogens is 472 g/mol. The van der Waals surface area contributed by atoms with Gasteiger partial charge in [0.15, 0.2) is 0 Å². The number of hydrogen-bond acceptors (Lipinski definition) is 5. The van der Waals surface area contributed by atoms with E-state index < -0.39 is 0 Å². The van der Waals surface area contributed by atoms with Crippen LogP contribution in [0.25, 0.3) is 33.2 Å². The van der Waals surface area contributed by atoms with E-state index in [-0.39, 0.29) is 5.91 Å². The molecular formula is C32H26N4O2. The van der Waals surface area contributed by atoms with Crippen molar-refractivity contribution in [2.24, 2.45) is 0 Å². The molecule has 0 saturated heterocycles. The lowest BCUT2D eigenvalue weighted by atomic mass is 10.1. The third-order valence-electron chi connectivity index (χ3n) is 6.50. The molecule has 0 fully saturated rings. The maximum absolute atomic E-state index is 12.8. The molecule has 0 aliphatic carbocycles. The van der Waals surface area contributed by atoms with E-state index >= 15 is 0 Å². The molecule has 2 aromatic heterocycles. The third-order valence-corrected chi connectivity index (χ3v) is 6.50. The lowest BCUT2D eigenvalue weighted by Crippen LogP contribution is -2.13. The summed E-state index contributed by atoms with van der Waals surface area (Å²) in [6.45, 7) is 0. The average molecular weight is 499 g/mol. The fourth-order valence-corrected chi connectivity index (χ4v) is 4.56. The fourth-order valence-electron chi connectivity index (χ4n) is 4.56. The second kappa shape index (κ2) is 9.75. The molecule has 6 heteroatoms. The Bertz CT molecular complexity index is 1770. The van der Waals surface area contributed by atoms with Crippen LogP contribution in [0.5, 0.6) is 0 Å². The summed E-state index contributed by atoms with van der Waals surface area (Å²) in [5.41, 5.74) is 7.51. The Morgan fingerprint density at radius 1 is 0.763 bits per heavy atom. The zero-order chi connectivity index (χ0) is 26.1. The highest BCUT2D eigenvalue weighted by Crippen LogP contribution is 2.35. The number of fused-ring (bicyclic) bond motifs is 3. The van der Waals surface area contributed by atoms with Crippen LogP contribution < -0.4 is 15.5 Å². The first-order valence-corrected chi connectivity index (χ1v) is 12.4. The molecule has 0 atom stereocenters. The topological polar surface area (TPSA) is 70.4 Å². The summed E-state index contributed by atoms with van der Waals surface area (Å²) in [6, 6.07) is 33.3. The largest absolute Gasteiger partial charge is 0.455 e. The lowest BCUT2D eigenvalue weighted by molar-refractivity contribution is 0.102. The monoisotopic (exact) mass is 498 g/mol. The highest BCUT2D eigenvalue weighted by Gasteiger charge is 2.13. The number of hydrogen-bond donors (Lipinski definition) is 2. The van der Waals surface area contributed by atoms with Gasteiger partial charge in [-0.15, -0.1) is 0 Å². The van der Waals surface area contributed by atoms with Crippen molar-refractivity contribution in [3.63, 3.8) is 0 Å². The summed E-state index contributed by atoms with van der Waals surface area (Å²) in [4.78, 5) is 19.4. The Labute approximate surface area is 220 Å². The molecule has 38 heavy (non-hydrogen) atoms. The van der Waals surface area contributed by atoms with Crippen LogP contribution in [-0.2, 0) is 0 Å². The van der Waals surface area contributed by atoms with E-state index in [2.05, 4.69) is 27.8 Å². The minimum atomic E-state index is -0.155. The van der Waals surface area contributed by atoms with Crippen molar-refractivity contribution in [2.45, 2.75) is 0 Å². The molecule has 2 heterocycles. The predicted octanol–water partition coefficient (Wildman–Crippen LogP) is 7.71. The number of rotatable bonds is 6. The summed E-state index contributed by atoms with van der Waals surface area (Å²) < 4.78 is 6.20. The Morgan fingerprint density at radius 2 is 1.50 bits per heavy atom. The highest BCUT2D eigenvalue weighted by molar-refractivity contribution is 6.09. The van der Waals surface area contributed by atoms with E-state index in [1.54, 1.807) is 6.20 Å². The number of nitrogens with zero attached hydrogens (tertiary/aromatic N) is 2. The first-order chi connectivity index (χ1) is 18.5. The number of aromatic nitrogens is 1. The van der Waals surface area contributed by atoms with Crippen LogP contribution in [0.4, 0.5) is 22.7 Å². The summed E-state index contributed by atoms with van der Waals surface area (Å²) in [7, 11) is 3.94. The smallest absolute Gasteiger partial charge is 0.255 e. The standard InChI is InChI=1S/C32H26N4O2/c1-36(2)25-15-13-21(14-16-25)32(37)35-23-8-5-7-22(19-23)34-24-17-18-33-29(20-24)28-11-6-10-27-26-9-3-4-12-30(26)38-31(27)28/h3-20H,1-2H3,(H,33,34)(H,35,37). The van der Waals surface area contributed by atoms with E-state index in [1.165, 1.54) is 0 Å². The normalized spacial score (nSPS) is 11.0. The van der Waals surface area contributed by atoms with Gasteiger partial charge in [-0.25, -0.2) is 0 Å². The highest BCUT2D eigenvalue weighted by atomic mass is 16.3. The molecule has 0 bridgehead atoms. The molecule has 6 aromatic rings. The van der Waals surface area contributed by atoms with Gasteiger partial charge in [-0.3, -0.25) is 9.78 Å². The number of furan rings is 1. The minimum Gasteiger partial charge on any atom is -0.455 e. The van der Waals surface area contributed by atoms with Gasteiger partial charge in [0.05, 0.1) is 5.69 Å². The summed E-state index contributed by atoms with van der Waals surface area (Å²) in [5, 5.41) is 8.58. The number of carbonyl (C=O) groups is 1. The van der Waals surface area contributed by atoms with Gasteiger partial charge in [0.25, 0.3) is 5.91 Å². The Balaban J connectivity index is 1.23. The minimum absolute atomic E-state index is 0.155. The first kappa shape index (κ1) is 23.3. The number of nitrogens with one attached hydrogen (secondary N) is 2. The van der Waals surface area contributed by atoms with Crippen LogP contribution in [0, 0.1) is 0 Å². The van der Waals surface area contributed by atoms with Crippen molar-refractivity contribution >= 4 is 50.6 Å². The Hall–Kier alpha value is -5.10. The lowest BCUT2D eigenvalue weighted by Gasteiger charge is -2.13. The number of benzene rings is 4. The first-order valence-electron chi connectivity index (χ1n) is 12.4. The number of amides is 1. The van der Waals surface area contributed by atoms with Gasteiger partial charge in [0, 0.05) is 64.9 Å². The zero-order valence-corrected chi connectivity index (χ0v) is 21.1. The molecule has 0 saturated carbocycles. The van der Waals surface area contributed by atoms with Gasteiger partial charge < -0.3 is 20.0 Å². The second-order valence-electron chi connectivity index (χ2n) is 9.31. The van der Waals surface area contributed by atoms with E-state index in [9.17, 15) is 4.79 Å². The third kappa shape index (κ3) is 4.55. The number of pyridine rings is 1. The van der Waals surface area contributed by atoms with Crippen molar-refractivity contribution in [1.29, 1.82) is 0 Å². The van der Waals surface area contributed by atoms with Crippen LogP contribution >= 0.6 is 0 Å². The van der Waals surface area contributed by atoms with E-state index in [0.29, 0.717) is 11.3 Å². The van der Waals surface area contributed by atoms with Crippen LogP contribution in [0.1, 0.15) is 10.4 Å². The summed E-state index contributed by atoms with van der Waals surface area (Å²) in [6.07, 6.45) is 1.78. The van der Waals surface area contributed by atoms with Crippen molar-refractivity contribution in [2.75, 3.05) is 29.6 Å². The number of anilines is 4. The predicted molar refractivity (Wildman–Crippen MR) is 155 cm³/mol. The van der Waals surface area contributed by atoms with Crippen LogP contribution in [0.3, 0.4) is 0 Å². The van der Waals surface area contributed by atoms with Gasteiger partial charge >= 0.3 is 0 Å². The van der Waals surface area contributed by atoms with Gasteiger partial charge in [0.2, 0.25) is 0 Å². The van der Waals surface area contributed by atoms with Crippen LogP contribution in [-0.4, -0.2) is 25.0 Å². The molecule has 1 amide bonds. The van der Waals surface area contributed by atoms with Crippen molar-refractivity contribution in [3.8, 4) is 11.3 Å². The van der Waals surface area contributed by atoms with Crippen molar-refractivity contribution < 1.29 is 9.21 Å². The quantitative estimate of drug-likeness (QED) is 0.246. The van der Waals surface area contributed by atoms with Gasteiger partial charge in [-0.05, 0) is 66.7 Å². The van der Waals surface area contributed by atoms with Gasteiger partial charge in [0.1, 0.15) is 11.2 Å². The number of carbonyl (C=O) groups excluding carboxylic acids is 1. The summed E-state index contributed by atoms with van der Waals surface area (Å²) in [5.74, 6) is -0.155. The zero-order valence-electron chi connectivity index (χ0n) is 21.1. The van der Waals surface area contributed by atoms with Gasteiger partial charge in [-0.1, -0.05) is 36.4 Å². The molecule has 0 radical (unpaired) electrons. The van der Waals surface area contributed by atoms with E-state index in [1.807, 2.05) is 110 Å². The average Bonchev–Trinajstić information content (AvgIpc) is 3.32. The SMILES string of the molecule is CN(C)c1ccc(C(=O)Nc2cccc(Nc3ccnc(-c4cccc5c4oc4ccccc45)c3)c2)cc1. The molecule has 6 nitrogen and oxygen atoms in total. The fraction of sp³-hybridized carbons (Fsp3) is 0.0625. The Morgan fingerprint density at radius 3 is 2.34 bits per heavy atom. The molecule has 0 spiro atoms. The van der Waals surface area contributed by atoms with Crippen molar-refractivity contribution in [3.05, 3.63) is 115 Å². The van der Waals surface area contributed by atoms with Crippen LogP contribution in [0.15, 0.2) is 114 Å². The molecule has 0 unspecified atom stereocenters. The number of para-hydroxylation sites is 2. The maximum Gasteiger partial charge on any atom is 0.255 e. The molecule has 4 aromatic carbocycles. The molecule has 2 N–H and O–H groups in total. The molecule has 0 aliphatic rings.